The summed E-state index contributed by atoms with van der Waals surface area (Å²) in [5, 5.41) is 9.17. The number of hydrogen-bond donors (Lipinski definition) is 0. The van der Waals surface area contributed by atoms with Crippen molar-refractivity contribution in [2.24, 2.45) is 0 Å². The molecule has 170 valence electrons. The third kappa shape index (κ3) is 3.23. The Bertz CT molecular complexity index is 1330. The normalized spacial score (nSPS) is 17.1. The smallest absolute Gasteiger partial charge is 0.303 e. The summed E-state index contributed by atoms with van der Waals surface area (Å²) in [5.41, 5.74) is -1.38. The highest BCUT2D eigenvalue weighted by molar-refractivity contribution is 7.81. The third-order valence-electron chi connectivity index (χ3n) is 6.24. The standard InChI is InChI=1S/C24H16F3N5OS/c25-24(26,27)20-18(14-28)30-13-9-19(20)31-21(33)23(10-3-11-23)32(22(31)34)16-7-5-15(6-8-16)17-4-1-2-12-29-17/h1-2,4-9,12-13H,3,10-11H2. The van der Waals surface area contributed by atoms with Crippen LogP contribution in [0.3, 0.4) is 0 Å². The van der Waals surface area contributed by atoms with E-state index >= 15 is 0 Å². The minimum atomic E-state index is -4.89. The van der Waals surface area contributed by atoms with E-state index in [0.29, 0.717) is 18.5 Å². The van der Waals surface area contributed by atoms with Gasteiger partial charge >= 0.3 is 6.18 Å². The fourth-order valence-corrected chi connectivity index (χ4v) is 4.97. The Morgan fingerprint density at radius 2 is 1.76 bits per heavy atom. The number of rotatable bonds is 3. The van der Waals surface area contributed by atoms with Crippen molar-refractivity contribution in [1.29, 1.82) is 5.26 Å². The van der Waals surface area contributed by atoms with Crippen LogP contribution in [0.5, 0.6) is 0 Å². The largest absolute Gasteiger partial charge is 0.421 e. The molecule has 1 spiro atoms. The van der Waals surface area contributed by atoms with Gasteiger partial charge in [-0.15, -0.1) is 0 Å². The fraction of sp³-hybridized carbons (Fsp3) is 0.208. The molecule has 5 rings (SSSR count). The van der Waals surface area contributed by atoms with Crippen LogP contribution >= 0.6 is 12.2 Å². The molecule has 6 nitrogen and oxygen atoms in total. The Kier molecular flexibility index (Phi) is 5.10. The van der Waals surface area contributed by atoms with Crippen LogP contribution in [0.2, 0.25) is 0 Å². The number of hydrogen-bond acceptors (Lipinski definition) is 5. The van der Waals surface area contributed by atoms with Gasteiger partial charge in [-0.2, -0.15) is 18.4 Å². The maximum absolute atomic E-state index is 13.9. The van der Waals surface area contributed by atoms with Crippen LogP contribution in [0.25, 0.3) is 11.3 Å². The number of alkyl halides is 3. The summed E-state index contributed by atoms with van der Waals surface area (Å²) in [6.07, 6.45) is -0.465. The summed E-state index contributed by atoms with van der Waals surface area (Å²) >= 11 is 5.59. The molecule has 2 fully saturated rings. The highest BCUT2D eigenvalue weighted by atomic mass is 32.1. The Hall–Kier alpha value is -3.84. The van der Waals surface area contributed by atoms with Crippen LogP contribution in [0.15, 0.2) is 60.9 Å². The van der Waals surface area contributed by atoms with Gasteiger partial charge in [-0.3, -0.25) is 14.7 Å². The van der Waals surface area contributed by atoms with Gasteiger partial charge in [-0.25, -0.2) is 4.98 Å². The summed E-state index contributed by atoms with van der Waals surface area (Å²) in [5.74, 6) is -0.529. The van der Waals surface area contributed by atoms with Gasteiger partial charge in [0, 0.05) is 23.6 Å². The maximum atomic E-state index is 13.9. The number of halogens is 3. The molecule has 10 heteroatoms. The molecule has 1 aromatic carbocycles. The number of nitrogens with zero attached hydrogens (tertiary/aromatic N) is 5. The molecule has 1 saturated heterocycles. The minimum Gasteiger partial charge on any atom is -0.303 e. The van der Waals surface area contributed by atoms with Crippen LogP contribution in [-0.2, 0) is 11.0 Å². The van der Waals surface area contributed by atoms with Crippen LogP contribution < -0.4 is 9.80 Å². The van der Waals surface area contributed by atoms with E-state index in [1.54, 1.807) is 23.2 Å². The summed E-state index contributed by atoms with van der Waals surface area (Å²) < 4.78 is 41.8. The zero-order valence-corrected chi connectivity index (χ0v) is 18.4. The number of carbonyl (C=O) groups excluding carboxylic acids is 1. The van der Waals surface area contributed by atoms with Crippen molar-refractivity contribution in [1.82, 2.24) is 9.97 Å². The lowest BCUT2D eigenvalue weighted by atomic mass is 9.75. The minimum absolute atomic E-state index is 0.0594. The Labute approximate surface area is 198 Å². The molecule has 0 unspecified atom stereocenters. The maximum Gasteiger partial charge on any atom is 0.421 e. The highest BCUT2D eigenvalue weighted by Gasteiger charge is 2.60. The number of carbonyl (C=O) groups is 1. The number of aromatic nitrogens is 2. The van der Waals surface area contributed by atoms with Gasteiger partial charge in [0.25, 0.3) is 5.91 Å². The lowest BCUT2D eigenvalue weighted by Crippen LogP contribution is -2.55. The van der Waals surface area contributed by atoms with E-state index < -0.39 is 34.6 Å². The SMILES string of the molecule is N#Cc1nccc(N2C(=O)C3(CCC3)N(c3ccc(-c4ccccn4)cc3)C2=S)c1C(F)(F)F. The van der Waals surface area contributed by atoms with Crippen LogP contribution in [0, 0.1) is 11.3 Å². The van der Waals surface area contributed by atoms with Gasteiger partial charge in [0.15, 0.2) is 10.8 Å². The van der Waals surface area contributed by atoms with Gasteiger partial charge in [0.1, 0.15) is 17.2 Å². The van der Waals surface area contributed by atoms with Gasteiger partial charge in [-0.1, -0.05) is 18.2 Å². The van der Waals surface area contributed by atoms with Crippen LogP contribution in [0.1, 0.15) is 30.5 Å². The number of pyridine rings is 2. The Balaban J connectivity index is 1.60. The molecule has 0 bridgehead atoms. The lowest BCUT2D eigenvalue weighted by Gasteiger charge is -2.43. The predicted octanol–water partition coefficient (Wildman–Crippen LogP) is 5.09. The Morgan fingerprint density at radius 3 is 2.32 bits per heavy atom. The highest BCUT2D eigenvalue weighted by Crippen LogP contribution is 2.49. The van der Waals surface area contributed by atoms with Crippen molar-refractivity contribution in [3.05, 3.63) is 72.2 Å². The number of anilines is 2. The zero-order valence-electron chi connectivity index (χ0n) is 17.6. The van der Waals surface area contributed by atoms with Crippen molar-refractivity contribution in [3.63, 3.8) is 0 Å². The molecule has 1 aliphatic heterocycles. The second-order valence-electron chi connectivity index (χ2n) is 8.07. The molecule has 34 heavy (non-hydrogen) atoms. The first-order valence-corrected chi connectivity index (χ1v) is 10.9. The average molecular weight is 479 g/mol. The van der Waals surface area contributed by atoms with E-state index in [1.807, 2.05) is 30.3 Å². The molecule has 1 saturated carbocycles. The van der Waals surface area contributed by atoms with E-state index in [9.17, 15) is 23.2 Å². The quantitative estimate of drug-likeness (QED) is 0.487. The fourth-order valence-electron chi connectivity index (χ4n) is 4.51. The molecule has 2 aliphatic rings. The van der Waals surface area contributed by atoms with Crippen molar-refractivity contribution in [2.45, 2.75) is 31.0 Å². The lowest BCUT2D eigenvalue weighted by molar-refractivity contribution is -0.137. The van der Waals surface area contributed by atoms with E-state index in [2.05, 4.69) is 9.97 Å². The first-order chi connectivity index (χ1) is 16.3. The summed E-state index contributed by atoms with van der Waals surface area (Å²) in [6, 6.07) is 15.3. The molecule has 1 amide bonds. The zero-order chi connectivity index (χ0) is 24.1. The van der Waals surface area contributed by atoms with Gasteiger partial charge < -0.3 is 4.90 Å². The van der Waals surface area contributed by atoms with Gasteiger partial charge in [0.05, 0.1) is 11.4 Å². The van der Waals surface area contributed by atoms with Gasteiger partial charge in [-0.05, 0) is 61.8 Å². The molecular weight excluding hydrogens is 463 g/mol. The molecular formula is C24H16F3N5OS. The monoisotopic (exact) mass is 479 g/mol. The molecule has 3 heterocycles. The van der Waals surface area contributed by atoms with E-state index in [1.165, 1.54) is 6.07 Å². The van der Waals surface area contributed by atoms with Crippen molar-refractivity contribution >= 4 is 34.6 Å². The van der Waals surface area contributed by atoms with E-state index in [4.69, 9.17) is 12.2 Å². The number of amides is 1. The van der Waals surface area contributed by atoms with E-state index in [-0.39, 0.29) is 5.11 Å². The Morgan fingerprint density at radius 1 is 1.03 bits per heavy atom. The number of nitriles is 1. The number of thiocarbonyl (C=S) groups is 1. The molecule has 1 aliphatic carbocycles. The topological polar surface area (TPSA) is 73.1 Å². The molecule has 3 aromatic rings. The molecule has 2 aromatic heterocycles. The third-order valence-corrected chi connectivity index (χ3v) is 6.60. The predicted molar refractivity (Wildman–Crippen MR) is 123 cm³/mol. The summed E-state index contributed by atoms with van der Waals surface area (Å²) in [7, 11) is 0. The molecule has 0 radical (unpaired) electrons. The van der Waals surface area contributed by atoms with Gasteiger partial charge in [0.2, 0.25) is 0 Å². The van der Waals surface area contributed by atoms with Crippen molar-refractivity contribution in [2.75, 3.05) is 9.80 Å². The van der Waals surface area contributed by atoms with E-state index in [0.717, 1.165) is 34.8 Å². The van der Waals surface area contributed by atoms with Crippen LogP contribution in [0.4, 0.5) is 24.5 Å². The van der Waals surface area contributed by atoms with Crippen molar-refractivity contribution in [3.8, 4) is 17.3 Å². The molecule has 0 atom stereocenters. The average Bonchev–Trinajstić information content (AvgIpc) is 3.05. The first kappa shape index (κ1) is 22.0. The van der Waals surface area contributed by atoms with Crippen LogP contribution in [-0.4, -0.2) is 26.5 Å². The second-order valence-corrected chi connectivity index (χ2v) is 8.43. The first-order valence-electron chi connectivity index (χ1n) is 10.4. The number of benzene rings is 1. The second kappa shape index (κ2) is 7.88. The molecule has 0 N–H and O–H groups in total. The summed E-state index contributed by atoms with van der Waals surface area (Å²) in [4.78, 5) is 24.0. The summed E-state index contributed by atoms with van der Waals surface area (Å²) in [6.45, 7) is 0. The van der Waals surface area contributed by atoms with Crippen molar-refractivity contribution < 1.29 is 18.0 Å².